The number of benzene rings is 2. The van der Waals surface area contributed by atoms with Crippen LogP contribution in [0.25, 0.3) is 6.08 Å². The first-order chi connectivity index (χ1) is 11.8. The minimum absolute atomic E-state index is 0.162. The molecular weight excluding hydrogens is 336 g/mol. The second-order valence-corrected chi connectivity index (χ2v) is 7.75. The van der Waals surface area contributed by atoms with E-state index >= 15 is 0 Å². The van der Waals surface area contributed by atoms with E-state index in [-0.39, 0.29) is 16.8 Å². The molecule has 0 bridgehead atoms. The van der Waals surface area contributed by atoms with Crippen molar-refractivity contribution < 1.29 is 13.2 Å². The van der Waals surface area contributed by atoms with Crippen LogP contribution >= 0.6 is 0 Å². The summed E-state index contributed by atoms with van der Waals surface area (Å²) < 4.78 is 26.6. The minimum atomic E-state index is -3.53. The molecule has 0 unspecified atom stereocenters. The summed E-state index contributed by atoms with van der Waals surface area (Å²) in [7, 11) is -3.53. The molecule has 0 aliphatic rings. The van der Waals surface area contributed by atoms with Crippen LogP contribution in [0.5, 0.6) is 0 Å². The molecule has 0 saturated heterocycles. The van der Waals surface area contributed by atoms with E-state index in [9.17, 15) is 13.2 Å². The van der Waals surface area contributed by atoms with Crippen molar-refractivity contribution in [1.82, 2.24) is 4.72 Å². The van der Waals surface area contributed by atoms with Gasteiger partial charge in [-0.3, -0.25) is 4.79 Å². The van der Waals surface area contributed by atoms with Gasteiger partial charge in [0.2, 0.25) is 15.9 Å². The van der Waals surface area contributed by atoms with Crippen molar-refractivity contribution in [2.75, 3.05) is 5.32 Å². The van der Waals surface area contributed by atoms with Crippen molar-refractivity contribution in [2.24, 2.45) is 0 Å². The van der Waals surface area contributed by atoms with Gasteiger partial charge in [-0.05, 0) is 56.7 Å². The third kappa shape index (κ3) is 5.85. The Labute approximate surface area is 148 Å². The Balaban J connectivity index is 2.02. The Morgan fingerprint density at radius 2 is 1.76 bits per heavy atom. The summed E-state index contributed by atoms with van der Waals surface area (Å²) in [6.45, 7) is 5.50. The zero-order chi connectivity index (χ0) is 18.4. The van der Waals surface area contributed by atoms with Crippen molar-refractivity contribution >= 4 is 27.7 Å². The second-order valence-electron chi connectivity index (χ2n) is 6.04. The number of amides is 1. The van der Waals surface area contributed by atoms with Crippen molar-refractivity contribution in [2.45, 2.75) is 31.7 Å². The minimum Gasteiger partial charge on any atom is -0.323 e. The van der Waals surface area contributed by atoms with Crippen molar-refractivity contribution in [3.8, 4) is 0 Å². The van der Waals surface area contributed by atoms with Crippen molar-refractivity contribution in [3.05, 3.63) is 65.7 Å². The topological polar surface area (TPSA) is 75.3 Å². The molecule has 0 spiro atoms. The first-order valence-electron chi connectivity index (χ1n) is 7.94. The summed E-state index contributed by atoms with van der Waals surface area (Å²) in [5.74, 6) is -0.280. The fourth-order valence-corrected chi connectivity index (χ4v) is 3.48. The molecule has 2 rings (SSSR count). The van der Waals surface area contributed by atoms with E-state index in [0.29, 0.717) is 5.69 Å². The Morgan fingerprint density at radius 3 is 2.36 bits per heavy atom. The van der Waals surface area contributed by atoms with Gasteiger partial charge in [-0.1, -0.05) is 29.8 Å². The summed E-state index contributed by atoms with van der Waals surface area (Å²) in [5.41, 5.74) is 2.59. The lowest BCUT2D eigenvalue weighted by atomic mass is 10.1. The fraction of sp³-hybridized carbons (Fsp3) is 0.211. The molecule has 0 saturated carbocycles. The summed E-state index contributed by atoms with van der Waals surface area (Å²) in [5, 5.41) is 2.71. The maximum Gasteiger partial charge on any atom is 0.248 e. The lowest BCUT2D eigenvalue weighted by Gasteiger charge is -2.10. The van der Waals surface area contributed by atoms with E-state index in [0.717, 1.165) is 11.1 Å². The highest BCUT2D eigenvalue weighted by Crippen LogP contribution is 2.14. The number of sulfonamides is 1. The van der Waals surface area contributed by atoms with Gasteiger partial charge in [-0.25, -0.2) is 13.1 Å². The number of hydrogen-bond acceptors (Lipinski definition) is 3. The predicted molar refractivity (Wildman–Crippen MR) is 101 cm³/mol. The number of rotatable bonds is 6. The SMILES string of the molecule is Cc1cccc(/C=C/C(=O)Nc2ccc(S(=O)(=O)NC(C)C)cc2)c1. The highest BCUT2D eigenvalue weighted by Gasteiger charge is 2.14. The Bertz CT molecular complexity index is 870. The monoisotopic (exact) mass is 358 g/mol. The normalized spacial score (nSPS) is 11.8. The van der Waals surface area contributed by atoms with Crippen LogP contribution in [0.1, 0.15) is 25.0 Å². The van der Waals surface area contributed by atoms with Gasteiger partial charge in [0, 0.05) is 17.8 Å². The standard InChI is InChI=1S/C19H22N2O3S/c1-14(2)21-25(23,24)18-10-8-17(9-11-18)20-19(22)12-7-16-6-4-5-15(3)13-16/h4-14,21H,1-3H3,(H,20,22)/b12-7+. The lowest BCUT2D eigenvalue weighted by Crippen LogP contribution is -2.30. The maximum absolute atomic E-state index is 12.1. The molecule has 0 heterocycles. The van der Waals surface area contributed by atoms with E-state index in [1.54, 1.807) is 32.1 Å². The average molecular weight is 358 g/mol. The van der Waals surface area contributed by atoms with Crippen LogP contribution in [-0.2, 0) is 14.8 Å². The summed E-state index contributed by atoms with van der Waals surface area (Å²) in [6.07, 6.45) is 3.17. The molecule has 2 aromatic rings. The molecule has 0 radical (unpaired) electrons. The van der Waals surface area contributed by atoms with Crippen LogP contribution in [-0.4, -0.2) is 20.4 Å². The van der Waals surface area contributed by atoms with E-state index in [1.165, 1.54) is 18.2 Å². The third-order valence-electron chi connectivity index (χ3n) is 3.29. The highest BCUT2D eigenvalue weighted by atomic mass is 32.2. The molecule has 132 valence electrons. The van der Waals surface area contributed by atoms with Gasteiger partial charge >= 0.3 is 0 Å². The third-order valence-corrected chi connectivity index (χ3v) is 4.97. The first-order valence-corrected chi connectivity index (χ1v) is 9.43. The first kappa shape index (κ1) is 18.9. The van der Waals surface area contributed by atoms with Gasteiger partial charge in [-0.2, -0.15) is 0 Å². The molecule has 0 aromatic heterocycles. The van der Waals surface area contributed by atoms with Crippen LogP contribution in [0.2, 0.25) is 0 Å². The molecule has 0 fully saturated rings. The van der Waals surface area contributed by atoms with E-state index in [1.807, 2.05) is 31.2 Å². The number of carbonyl (C=O) groups excluding carboxylic acids is 1. The number of carbonyl (C=O) groups is 1. The summed E-state index contributed by atoms with van der Waals surface area (Å²) >= 11 is 0. The summed E-state index contributed by atoms with van der Waals surface area (Å²) in [6, 6.07) is 13.7. The van der Waals surface area contributed by atoms with Crippen LogP contribution < -0.4 is 10.0 Å². The fourth-order valence-electron chi connectivity index (χ4n) is 2.23. The highest BCUT2D eigenvalue weighted by molar-refractivity contribution is 7.89. The molecule has 0 atom stereocenters. The molecule has 0 aliphatic heterocycles. The molecule has 2 N–H and O–H groups in total. The number of anilines is 1. The van der Waals surface area contributed by atoms with Gasteiger partial charge in [0.25, 0.3) is 0 Å². The average Bonchev–Trinajstić information content (AvgIpc) is 2.52. The molecule has 1 amide bonds. The Kier molecular flexibility index (Phi) is 6.12. The van der Waals surface area contributed by atoms with Crippen LogP contribution in [0.3, 0.4) is 0 Å². The molecule has 0 aliphatic carbocycles. The quantitative estimate of drug-likeness (QED) is 0.778. The van der Waals surface area contributed by atoms with E-state index in [4.69, 9.17) is 0 Å². The van der Waals surface area contributed by atoms with Gasteiger partial charge in [0.15, 0.2) is 0 Å². The molecule has 5 nitrogen and oxygen atoms in total. The van der Waals surface area contributed by atoms with Gasteiger partial charge in [-0.15, -0.1) is 0 Å². The van der Waals surface area contributed by atoms with E-state index in [2.05, 4.69) is 10.0 Å². The lowest BCUT2D eigenvalue weighted by molar-refractivity contribution is -0.111. The zero-order valence-electron chi connectivity index (χ0n) is 14.5. The van der Waals surface area contributed by atoms with Gasteiger partial charge in [0.05, 0.1) is 4.90 Å². The smallest absolute Gasteiger partial charge is 0.248 e. The Hall–Kier alpha value is -2.44. The molecule has 2 aromatic carbocycles. The van der Waals surface area contributed by atoms with Crippen molar-refractivity contribution in [3.63, 3.8) is 0 Å². The zero-order valence-corrected chi connectivity index (χ0v) is 15.3. The van der Waals surface area contributed by atoms with Gasteiger partial charge in [0.1, 0.15) is 0 Å². The van der Waals surface area contributed by atoms with Crippen LogP contribution in [0.15, 0.2) is 59.5 Å². The number of nitrogens with one attached hydrogen (secondary N) is 2. The molecule has 6 heteroatoms. The van der Waals surface area contributed by atoms with Crippen LogP contribution in [0.4, 0.5) is 5.69 Å². The van der Waals surface area contributed by atoms with Crippen molar-refractivity contribution in [1.29, 1.82) is 0 Å². The molecular formula is C19H22N2O3S. The number of aryl methyl sites for hydroxylation is 1. The second kappa shape index (κ2) is 8.09. The summed E-state index contributed by atoms with van der Waals surface area (Å²) in [4.78, 5) is 12.1. The molecule has 25 heavy (non-hydrogen) atoms. The van der Waals surface area contributed by atoms with Crippen LogP contribution in [0, 0.1) is 6.92 Å². The largest absolute Gasteiger partial charge is 0.323 e. The number of hydrogen-bond donors (Lipinski definition) is 2. The van der Waals surface area contributed by atoms with Gasteiger partial charge < -0.3 is 5.32 Å². The Morgan fingerprint density at radius 1 is 1.08 bits per heavy atom. The maximum atomic E-state index is 12.1. The van der Waals surface area contributed by atoms with E-state index < -0.39 is 10.0 Å². The predicted octanol–water partition coefficient (Wildman–Crippen LogP) is 3.33.